The smallest absolute Gasteiger partial charge is 0.254 e. The first-order valence-corrected chi connectivity index (χ1v) is 7.39. The highest BCUT2D eigenvalue weighted by molar-refractivity contribution is 6.31. The Labute approximate surface area is 152 Å². The SMILES string of the molecule is COC(C(=O)NCc1ccc(C(=N)N)cc1)c1ccccc1Cl.Cl. The number of carbonyl (C=O) groups excluding carboxylic acids is 1. The van der Waals surface area contributed by atoms with Crippen LogP contribution in [0.1, 0.15) is 22.8 Å². The Kier molecular flexibility index (Phi) is 7.71. The van der Waals surface area contributed by atoms with Crippen molar-refractivity contribution >= 4 is 35.8 Å². The van der Waals surface area contributed by atoms with Gasteiger partial charge in [0, 0.05) is 29.8 Å². The molecule has 1 atom stereocenters. The third kappa shape index (κ3) is 4.96. The summed E-state index contributed by atoms with van der Waals surface area (Å²) in [6.07, 6.45) is -0.764. The van der Waals surface area contributed by atoms with E-state index in [-0.39, 0.29) is 24.1 Å². The van der Waals surface area contributed by atoms with Gasteiger partial charge in [-0.25, -0.2) is 0 Å². The van der Waals surface area contributed by atoms with Crippen LogP contribution in [-0.2, 0) is 16.1 Å². The van der Waals surface area contributed by atoms with Gasteiger partial charge in [0.25, 0.3) is 5.91 Å². The summed E-state index contributed by atoms with van der Waals surface area (Å²) in [6.45, 7) is 0.349. The van der Waals surface area contributed by atoms with Gasteiger partial charge in [0.15, 0.2) is 6.10 Å². The highest BCUT2D eigenvalue weighted by Crippen LogP contribution is 2.25. The van der Waals surface area contributed by atoms with Crippen LogP contribution >= 0.6 is 24.0 Å². The van der Waals surface area contributed by atoms with Gasteiger partial charge >= 0.3 is 0 Å². The molecule has 1 unspecified atom stereocenters. The first-order valence-electron chi connectivity index (χ1n) is 7.01. The van der Waals surface area contributed by atoms with Crippen molar-refractivity contribution in [1.29, 1.82) is 5.41 Å². The van der Waals surface area contributed by atoms with Crippen molar-refractivity contribution in [2.45, 2.75) is 12.6 Å². The van der Waals surface area contributed by atoms with Crippen LogP contribution in [0.25, 0.3) is 0 Å². The van der Waals surface area contributed by atoms with Crippen LogP contribution in [0.4, 0.5) is 0 Å². The average Bonchev–Trinajstić information content (AvgIpc) is 2.55. The first-order chi connectivity index (χ1) is 11.0. The van der Waals surface area contributed by atoms with Crippen molar-refractivity contribution in [3.05, 3.63) is 70.2 Å². The second-order valence-corrected chi connectivity index (χ2v) is 5.37. The van der Waals surface area contributed by atoms with Crippen LogP contribution in [0.5, 0.6) is 0 Å². The lowest BCUT2D eigenvalue weighted by molar-refractivity contribution is -0.131. The van der Waals surface area contributed by atoms with Gasteiger partial charge in [0.2, 0.25) is 0 Å². The number of halogens is 2. The van der Waals surface area contributed by atoms with E-state index in [9.17, 15) is 4.79 Å². The van der Waals surface area contributed by atoms with Gasteiger partial charge in [-0.1, -0.05) is 54.1 Å². The fraction of sp³-hybridized carbons (Fsp3) is 0.176. The van der Waals surface area contributed by atoms with Gasteiger partial charge in [0.1, 0.15) is 5.84 Å². The summed E-state index contributed by atoms with van der Waals surface area (Å²) >= 11 is 6.11. The quantitative estimate of drug-likeness (QED) is 0.541. The van der Waals surface area contributed by atoms with E-state index in [0.717, 1.165) is 5.56 Å². The van der Waals surface area contributed by atoms with E-state index >= 15 is 0 Å². The van der Waals surface area contributed by atoms with Gasteiger partial charge in [-0.05, 0) is 11.6 Å². The molecule has 0 saturated heterocycles. The summed E-state index contributed by atoms with van der Waals surface area (Å²) in [5, 5.41) is 10.7. The number of hydrogen-bond acceptors (Lipinski definition) is 3. The topological polar surface area (TPSA) is 88.2 Å². The highest BCUT2D eigenvalue weighted by Gasteiger charge is 2.21. The average molecular weight is 368 g/mol. The van der Waals surface area contributed by atoms with E-state index in [1.807, 2.05) is 12.1 Å². The predicted molar refractivity (Wildman–Crippen MR) is 97.8 cm³/mol. The Morgan fingerprint density at radius 3 is 2.42 bits per heavy atom. The fourth-order valence-corrected chi connectivity index (χ4v) is 2.38. The molecule has 24 heavy (non-hydrogen) atoms. The number of nitrogen functional groups attached to an aromatic ring is 1. The molecule has 1 amide bonds. The van der Waals surface area contributed by atoms with E-state index in [4.69, 9.17) is 27.5 Å². The summed E-state index contributed by atoms with van der Waals surface area (Å²) in [4.78, 5) is 12.3. The summed E-state index contributed by atoms with van der Waals surface area (Å²) in [7, 11) is 1.47. The number of amides is 1. The van der Waals surface area contributed by atoms with E-state index in [2.05, 4.69) is 5.32 Å². The Hall–Kier alpha value is -2.08. The molecular formula is C17H19Cl2N3O2. The minimum atomic E-state index is -0.764. The zero-order valence-corrected chi connectivity index (χ0v) is 14.7. The predicted octanol–water partition coefficient (Wildman–Crippen LogP) is 3.05. The number of amidine groups is 1. The van der Waals surface area contributed by atoms with Crippen molar-refractivity contribution in [1.82, 2.24) is 5.32 Å². The van der Waals surface area contributed by atoms with Gasteiger partial charge in [-0.3, -0.25) is 10.2 Å². The maximum atomic E-state index is 12.3. The second kappa shape index (κ2) is 9.27. The van der Waals surface area contributed by atoms with Crippen LogP contribution in [0.2, 0.25) is 5.02 Å². The normalized spacial score (nSPS) is 11.2. The number of methoxy groups -OCH3 is 1. The molecule has 2 rings (SSSR count). The molecule has 0 bridgehead atoms. The van der Waals surface area contributed by atoms with Crippen molar-refractivity contribution in [2.24, 2.45) is 5.73 Å². The maximum absolute atomic E-state index is 12.3. The van der Waals surface area contributed by atoms with Crippen LogP contribution in [0, 0.1) is 5.41 Å². The molecule has 0 aromatic heterocycles. The van der Waals surface area contributed by atoms with Gasteiger partial charge in [0.05, 0.1) is 0 Å². The molecule has 2 aromatic carbocycles. The van der Waals surface area contributed by atoms with E-state index in [1.165, 1.54) is 7.11 Å². The zero-order chi connectivity index (χ0) is 16.8. The van der Waals surface area contributed by atoms with Crippen molar-refractivity contribution in [3.63, 3.8) is 0 Å². The molecule has 5 nitrogen and oxygen atoms in total. The molecule has 0 radical (unpaired) electrons. The molecule has 2 aromatic rings. The lowest BCUT2D eigenvalue weighted by Crippen LogP contribution is -2.30. The monoisotopic (exact) mass is 367 g/mol. The molecule has 0 heterocycles. The lowest BCUT2D eigenvalue weighted by Gasteiger charge is -2.17. The Morgan fingerprint density at radius 1 is 1.25 bits per heavy atom. The number of hydrogen-bond donors (Lipinski definition) is 3. The fourth-order valence-electron chi connectivity index (χ4n) is 2.15. The zero-order valence-electron chi connectivity index (χ0n) is 13.1. The van der Waals surface area contributed by atoms with Gasteiger partial charge in [-0.2, -0.15) is 0 Å². The molecule has 0 saturated carbocycles. The number of nitrogens with two attached hydrogens (primary N) is 1. The number of benzene rings is 2. The maximum Gasteiger partial charge on any atom is 0.254 e. The molecule has 0 aliphatic rings. The third-order valence-corrected chi connectivity index (χ3v) is 3.74. The standard InChI is InChI=1S/C17H18ClN3O2.ClH/c1-23-15(13-4-2-3-5-14(13)18)17(22)21-10-11-6-8-12(9-7-11)16(19)20;/h2-9,15H,10H2,1H3,(H3,19,20)(H,21,22);1H. The first kappa shape index (κ1) is 20.0. The minimum absolute atomic E-state index is 0. The molecule has 0 aliphatic carbocycles. The summed E-state index contributed by atoms with van der Waals surface area (Å²) < 4.78 is 5.28. The highest BCUT2D eigenvalue weighted by atomic mass is 35.5. The van der Waals surface area contributed by atoms with E-state index in [1.54, 1.807) is 36.4 Å². The number of ether oxygens (including phenoxy) is 1. The van der Waals surface area contributed by atoms with E-state index in [0.29, 0.717) is 22.7 Å². The summed E-state index contributed by atoms with van der Waals surface area (Å²) in [6, 6.07) is 14.2. The Morgan fingerprint density at radius 2 is 1.88 bits per heavy atom. The lowest BCUT2D eigenvalue weighted by atomic mass is 10.1. The number of rotatable bonds is 6. The molecule has 0 spiro atoms. The molecule has 7 heteroatoms. The number of carbonyl (C=O) groups is 1. The largest absolute Gasteiger partial charge is 0.384 e. The van der Waals surface area contributed by atoms with Gasteiger partial charge < -0.3 is 15.8 Å². The summed E-state index contributed by atoms with van der Waals surface area (Å²) in [5.74, 6) is -0.255. The van der Waals surface area contributed by atoms with Crippen LogP contribution in [-0.4, -0.2) is 18.9 Å². The summed E-state index contributed by atoms with van der Waals surface area (Å²) in [5.41, 5.74) is 7.58. The molecule has 128 valence electrons. The molecule has 0 aliphatic heterocycles. The molecule has 4 N–H and O–H groups in total. The second-order valence-electron chi connectivity index (χ2n) is 4.97. The van der Waals surface area contributed by atoms with Crippen LogP contribution < -0.4 is 11.1 Å². The third-order valence-electron chi connectivity index (χ3n) is 3.39. The number of nitrogens with one attached hydrogen (secondary N) is 2. The van der Waals surface area contributed by atoms with Gasteiger partial charge in [-0.15, -0.1) is 12.4 Å². The molecular weight excluding hydrogens is 349 g/mol. The van der Waals surface area contributed by atoms with Crippen molar-refractivity contribution < 1.29 is 9.53 Å². The van der Waals surface area contributed by atoms with Crippen LogP contribution in [0.15, 0.2) is 48.5 Å². The minimum Gasteiger partial charge on any atom is -0.384 e. The Balaban J connectivity index is 0.00000288. The van der Waals surface area contributed by atoms with E-state index < -0.39 is 6.10 Å². The van der Waals surface area contributed by atoms with Crippen LogP contribution in [0.3, 0.4) is 0 Å². The van der Waals surface area contributed by atoms with Crippen molar-refractivity contribution in [3.8, 4) is 0 Å². The Bertz CT molecular complexity index is 705. The van der Waals surface area contributed by atoms with Crippen molar-refractivity contribution in [2.75, 3.05) is 7.11 Å². The molecule has 0 fully saturated rings.